The fourth-order valence-electron chi connectivity index (χ4n) is 4.40. The Hall–Kier alpha value is -2.38. The third-order valence-electron chi connectivity index (χ3n) is 6.55. The van der Waals surface area contributed by atoms with Crippen LogP contribution in [0.1, 0.15) is 43.7 Å². The van der Waals surface area contributed by atoms with E-state index in [2.05, 4.69) is 62.7 Å². The molecule has 1 aliphatic carbocycles. The molecule has 2 N–H and O–H groups in total. The van der Waals surface area contributed by atoms with Crippen molar-refractivity contribution in [1.29, 1.82) is 0 Å². The van der Waals surface area contributed by atoms with Gasteiger partial charge in [-0.05, 0) is 56.8 Å². The Kier molecular flexibility index (Phi) is 9.11. The zero-order chi connectivity index (χ0) is 22.9. The summed E-state index contributed by atoms with van der Waals surface area (Å²) < 4.78 is 0. The van der Waals surface area contributed by atoms with Gasteiger partial charge in [-0.3, -0.25) is 14.5 Å². The van der Waals surface area contributed by atoms with Crippen molar-refractivity contribution in [3.63, 3.8) is 0 Å². The molecule has 1 saturated heterocycles. The molecule has 1 aromatic carbocycles. The van der Waals surface area contributed by atoms with Gasteiger partial charge in [0.1, 0.15) is 0 Å². The number of amides is 2. The zero-order valence-electron chi connectivity index (χ0n) is 19.9. The van der Waals surface area contributed by atoms with Gasteiger partial charge in [0, 0.05) is 59.1 Å². The number of allylic oxidation sites excluding steroid dienone is 1. The molecule has 3 rings (SSSR count). The number of hydrogen-bond donors (Lipinski definition) is 2. The molecule has 0 radical (unpaired) electrons. The highest BCUT2D eigenvalue weighted by atomic mass is 16.2. The van der Waals surface area contributed by atoms with Crippen molar-refractivity contribution in [2.75, 3.05) is 65.3 Å². The van der Waals surface area contributed by atoms with Gasteiger partial charge in [-0.25, -0.2) is 0 Å². The van der Waals surface area contributed by atoms with Crippen LogP contribution in [-0.2, 0) is 9.59 Å². The number of rotatable bonds is 8. The van der Waals surface area contributed by atoms with E-state index in [0.717, 1.165) is 56.7 Å². The molecule has 2 amide bonds. The highest BCUT2D eigenvalue weighted by molar-refractivity contribution is 6.35. The van der Waals surface area contributed by atoms with Crippen LogP contribution in [0.15, 0.2) is 35.9 Å². The second-order valence-electron chi connectivity index (χ2n) is 9.17. The predicted molar refractivity (Wildman–Crippen MR) is 130 cm³/mol. The molecule has 0 spiro atoms. The van der Waals surface area contributed by atoms with E-state index in [1.54, 1.807) is 0 Å². The van der Waals surface area contributed by atoms with E-state index in [4.69, 9.17) is 0 Å². The van der Waals surface area contributed by atoms with Gasteiger partial charge in [-0.15, -0.1) is 0 Å². The van der Waals surface area contributed by atoms with Crippen molar-refractivity contribution in [2.24, 2.45) is 0 Å². The van der Waals surface area contributed by atoms with Gasteiger partial charge in [0.2, 0.25) is 0 Å². The van der Waals surface area contributed by atoms with Crippen molar-refractivity contribution >= 4 is 17.5 Å². The minimum Gasteiger partial charge on any atom is -0.378 e. The third-order valence-corrected chi connectivity index (χ3v) is 6.55. The van der Waals surface area contributed by atoms with Gasteiger partial charge in [-0.1, -0.05) is 23.8 Å². The molecule has 1 unspecified atom stereocenters. The maximum atomic E-state index is 12.5. The second-order valence-corrected chi connectivity index (χ2v) is 9.17. The number of carbonyl (C=O) groups excluding carboxylic acids is 2. The summed E-state index contributed by atoms with van der Waals surface area (Å²) in [4.78, 5) is 31.6. The smallest absolute Gasteiger partial charge is 0.309 e. The fraction of sp³-hybridized carbons (Fsp3) is 0.600. The maximum absolute atomic E-state index is 12.5. The normalized spacial score (nSPS) is 18.5. The molecule has 176 valence electrons. The second kappa shape index (κ2) is 12.0. The average molecular weight is 442 g/mol. The van der Waals surface area contributed by atoms with Gasteiger partial charge in [0.15, 0.2) is 0 Å². The van der Waals surface area contributed by atoms with Crippen LogP contribution in [0.2, 0.25) is 0 Å². The SMILES string of the molecule is CN1CCN(C(CNC(=O)C(=O)NCCC2=CCCCC2)c2ccc(N(C)C)cc2)CC1. The van der Waals surface area contributed by atoms with E-state index in [1.807, 2.05) is 14.1 Å². The van der Waals surface area contributed by atoms with Crippen LogP contribution in [0.4, 0.5) is 5.69 Å². The first kappa shape index (κ1) is 24.3. The zero-order valence-corrected chi connectivity index (χ0v) is 19.9. The van der Waals surface area contributed by atoms with Crippen LogP contribution >= 0.6 is 0 Å². The Bertz CT molecular complexity index is 782. The molecular formula is C25H39N5O2. The largest absolute Gasteiger partial charge is 0.378 e. The molecule has 7 nitrogen and oxygen atoms in total. The lowest BCUT2D eigenvalue weighted by atomic mass is 9.97. The summed E-state index contributed by atoms with van der Waals surface area (Å²) in [6.45, 7) is 4.81. The monoisotopic (exact) mass is 441 g/mol. The average Bonchev–Trinajstić information content (AvgIpc) is 2.81. The van der Waals surface area contributed by atoms with Crippen LogP contribution in [0.5, 0.6) is 0 Å². The molecule has 1 fully saturated rings. The van der Waals surface area contributed by atoms with Gasteiger partial charge in [0.05, 0.1) is 6.04 Å². The van der Waals surface area contributed by atoms with Crippen LogP contribution in [0.25, 0.3) is 0 Å². The van der Waals surface area contributed by atoms with Crippen molar-refractivity contribution in [2.45, 2.75) is 38.1 Å². The standard InChI is InChI=1S/C25H39N5O2/c1-28(2)22-11-9-21(10-12-22)23(30-17-15-29(3)16-18-30)19-27-25(32)24(31)26-14-13-20-7-5-4-6-8-20/h7,9-12,23H,4-6,8,13-19H2,1-3H3,(H,26,31)(H,27,32). The Labute approximate surface area is 192 Å². The van der Waals surface area contributed by atoms with Crippen molar-refractivity contribution in [3.8, 4) is 0 Å². The summed E-state index contributed by atoms with van der Waals surface area (Å²) in [5, 5.41) is 5.66. The molecule has 1 atom stereocenters. The summed E-state index contributed by atoms with van der Waals surface area (Å²) in [6.07, 6.45) is 7.83. The minimum atomic E-state index is -0.549. The number of nitrogens with zero attached hydrogens (tertiary/aromatic N) is 3. The highest BCUT2D eigenvalue weighted by Crippen LogP contribution is 2.24. The van der Waals surface area contributed by atoms with Crippen molar-refractivity contribution in [1.82, 2.24) is 20.4 Å². The number of carbonyl (C=O) groups is 2. The molecule has 1 aliphatic heterocycles. The molecular weight excluding hydrogens is 402 g/mol. The Balaban J connectivity index is 1.55. The molecule has 0 bridgehead atoms. The number of anilines is 1. The molecule has 0 saturated carbocycles. The van der Waals surface area contributed by atoms with Gasteiger partial charge in [-0.2, -0.15) is 0 Å². The lowest BCUT2D eigenvalue weighted by Crippen LogP contribution is -2.49. The lowest BCUT2D eigenvalue weighted by Gasteiger charge is -2.38. The maximum Gasteiger partial charge on any atom is 0.309 e. The van der Waals surface area contributed by atoms with E-state index >= 15 is 0 Å². The quantitative estimate of drug-likeness (QED) is 0.478. The van der Waals surface area contributed by atoms with E-state index in [1.165, 1.54) is 18.4 Å². The summed E-state index contributed by atoms with van der Waals surface area (Å²) >= 11 is 0. The van der Waals surface area contributed by atoms with Crippen molar-refractivity contribution in [3.05, 3.63) is 41.5 Å². The van der Waals surface area contributed by atoms with Crippen LogP contribution in [-0.4, -0.2) is 82.0 Å². The summed E-state index contributed by atoms with van der Waals surface area (Å²) in [7, 11) is 6.18. The van der Waals surface area contributed by atoms with Crippen LogP contribution < -0.4 is 15.5 Å². The number of nitrogens with one attached hydrogen (secondary N) is 2. The molecule has 2 aliphatic rings. The summed E-state index contributed by atoms with van der Waals surface area (Å²) in [6, 6.07) is 8.51. The van der Waals surface area contributed by atoms with Gasteiger partial charge in [0.25, 0.3) is 0 Å². The third kappa shape index (κ3) is 7.07. The first-order chi connectivity index (χ1) is 15.4. The van der Waals surface area contributed by atoms with Crippen LogP contribution in [0.3, 0.4) is 0 Å². The Morgan fingerprint density at radius 1 is 1.00 bits per heavy atom. The van der Waals surface area contributed by atoms with Gasteiger partial charge >= 0.3 is 11.8 Å². The Morgan fingerprint density at radius 3 is 2.31 bits per heavy atom. The molecule has 32 heavy (non-hydrogen) atoms. The molecule has 1 heterocycles. The lowest BCUT2D eigenvalue weighted by molar-refractivity contribution is -0.139. The molecule has 7 heteroatoms. The Morgan fingerprint density at radius 2 is 1.69 bits per heavy atom. The van der Waals surface area contributed by atoms with E-state index in [0.29, 0.717) is 13.1 Å². The molecule has 1 aromatic rings. The van der Waals surface area contributed by atoms with Crippen molar-refractivity contribution < 1.29 is 9.59 Å². The van der Waals surface area contributed by atoms with Crippen LogP contribution in [0, 0.1) is 0 Å². The van der Waals surface area contributed by atoms with E-state index in [-0.39, 0.29) is 6.04 Å². The first-order valence-corrected chi connectivity index (χ1v) is 11.9. The summed E-state index contributed by atoms with van der Waals surface area (Å²) in [5.74, 6) is -1.09. The number of benzene rings is 1. The van der Waals surface area contributed by atoms with E-state index in [9.17, 15) is 9.59 Å². The van der Waals surface area contributed by atoms with Gasteiger partial charge < -0.3 is 20.4 Å². The van der Waals surface area contributed by atoms with E-state index < -0.39 is 11.8 Å². The highest BCUT2D eigenvalue weighted by Gasteiger charge is 2.25. The number of piperazine rings is 1. The summed E-state index contributed by atoms with van der Waals surface area (Å²) in [5.41, 5.74) is 3.70. The molecule has 0 aromatic heterocycles. The minimum absolute atomic E-state index is 0.0454. The fourth-order valence-corrected chi connectivity index (χ4v) is 4.40. The number of hydrogen-bond acceptors (Lipinski definition) is 5. The first-order valence-electron chi connectivity index (χ1n) is 11.9. The topological polar surface area (TPSA) is 67.9 Å². The predicted octanol–water partition coefficient (Wildman–Crippen LogP) is 2.16. The number of likely N-dealkylation sites (N-methyl/N-ethyl adjacent to an activating group) is 1.